The van der Waals surface area contributed by atoms with Crippen molar-refractivity contribution in [2.75, 3.05) is 0 Å². The van der Waals surface area contributed by atoms with E-state index in [0.29, 0.717) is 11.3 Å². The molecule has 0 nitrogen and oxygen atoms in total. The fourth-order valence-electron chi connectivity index (χ4n) is 2.59. The Hall–Kier alpha value is -0.0100. The Kier molecular flexibility index (Phi) is 4.10. The Morgan fingerprint density at radius 3 is 3.00 bits per heavy atom. The van der Waals surface area contributed by atoms with Crippen LogP contribution in [0.5, 0.6) is 0 Å². The van der Waals surface area contributed by atoms with Gasteiger partial charge in [0.1, 0.15) is 0 Å². The first-order valence-electron chi connectivity index (χ1n) is 5.96. The summed E-state index contributed by atoms with van der Waals surface area (Å²) in [7, 11) is 0. The molecular formula is C13H19ClS. The predicted octanol–water partition coefficient (Wildman–Crippen LogP) is 4.72. The highest BCUT2D eigenvalue weighted by molar-refractivity contribution is 7.09. The molecule has 84 valence electrons. The van der Waals surface area contributed by atoms with E-state index in [-0.39, 0.29) is 0 Å². The Morgan fingerprint density at radius 2 is 2.33 bits per heavy atom. The minimum Gasteiger partial charge on any atom is -0.149 e. The van der Waals surface area contributed by atoms with Crippen molar-refractivity contribution in [3.8, 4) is 0 Å². The van der Waals surface area contributed by atoms with Crippen LogP contribution in [0.4, 0.5) is 0 Å². The summed E-state index contributed by atoms with van der Waals surface area (Å²) in [6.45, 7) is 2.31. The highest BCUT2D eigenvalue weighted by atomic mass is 35.5. The van der Waals surface area contributed by atoms with Crippen molar-refractivity contribution in [1.29, 1.82) is 0 Å². The summed E-state index contributed by atoms with van der Waals surface area (Å²) in [6.07, 6.45) is 6.41. The van der Waals surface area contributed by atoms with Gasteiger partial charge in [-0.2, -0.15) is 0 Å². The van der Waals surface area contributed by atoms with E-state index in [1.165, 1.54) is 37.0 Å². The van der Waals surface area contributed by atoms with Crippen molar-refractivity contribution < 1.29 is 0 Å². The van der Waals surface area contributed by atoms with Crippen LogP contribution in [-0.4, -0.2) is 5.38 Å². The van der Waals surface area contributed by atoms with E-state index in [1.807, 2.05) is 11.3 Å². The van der Waals surface area contributed by atoms with Crippen molar-refractivity contribution in [2.45, 2.75) is 44.4 Å². The molecule has 3 atom stereocenters. The van der Waals surface area contributed by atoms with Gasteiger partial charge in [0.15, 0.2) is 0 Å². The van der Waals surface area contributed by atoms with Crippen LogP contribution in [0, 0.1) is 11.8 Å². The molecule has 15 heavy (non-hydrogen) atoms. The highest BCUT2D eigenvalue weighted by Crippen LogP contribution is 2.36. The second-order valence-electron chi connectivity index (χ2n) is 4.65. The number of rotatable bonds is 3. The standard InChI is InChI=1S/C13H19ClS/c1-2-10-5-6-13(14)11(8-10)9-12-4-3-7-15-12/h3-4,7,10-11,13H,2,5-6,8-9H2,1H3. The maximum absolute atomic E-state index is 6.43. The van der Waals surface area contributed by atoms with E-state index in [2.05, 4.69) is 24.4 Å². The monoisotopic (exact) mass is 242 g/mol. The average molecular weight is 243 g/mol. The number of thiophene rings is 1. The lowest BCUT2D eigenvalue weighted by atomic mass is 9.78. The lowest BCUT2D eigenvalue weighted by Crippen LogP contribution is -2.26. The second kappa shape index (κ2) is 5.36. The van der Waals surface area contributed by atoms with Gasteiger partial charge >= 0.3 is 0 Å². The van der Waals surface area contributed by atoms with Gasteiger partial charge in [-0.05, 0) is 49.0 Å². The molecule has 0 amide bonds. The first-order valence-corrected chi connectivity index (χ1v) is 7.27. The quantitative estimate of drug-likeness (QED) is 0.673. The molecule has 0 radical (unpaired) electrons. The molecule has 0 aliphatic heterocycles. The van der Waals surface area contributed by atoms with Crippen LogP contribution < -0.4 is 0 Å². The van der Waals surface area contributed by atoms with E-state index in [4.69, 9.17) is 11.6 Å². The molecule has 3 unspecified atom stereocenters. The van der Waals surface area contributed by atoms with Crippen LogP contribution >= 0.6 is 22.9 Å². The SMILES string of the molecule is CCC1CCC(Cl)C(Cc2cccs2)C1. The Bertz CT molecular complexity index is 281. The van der Waals surface area contributed by atoms with Crippen molar-refractivity contribution >= 4 is 22.9 Å². The first kappa shape index (κ1) is 11.5. The van der Waals surface area contributed by atoms with Crippen LogP contribution in [-0.2, 0) is 6.42 Å². The molecule has 1 aromatic heterocycles. The molecule has 0 N–H and O–H groups in total. The van der Waals surface area contributed by atoms with Gasteiger partial charge in [-0.1, -0.05) is 19.4 Å². The molecule has 0 aromatic carbocycles. The van der Waals surface area contributed by atoms with Gasteiger partial charge in [-0.25, -0.2) is 0 Å². The first-order chi connectivity index (χ1) is 7.29. The number of hydrogen-bond donors (Lipinski definition) is 0. The van der Waals surface area contributed by atoms with Gasteiger partial charge in [0.05, 0.1) is 0 Å². The summed E-state index contributed by atoms with van der Waals surface area (Å²) in [5.41, 5.74) is 0. The van der Waals surface area contributed by atoms with Crippen LogP contribution in [0.3, 0.4) is 0 Å². The topological polar surface area (TPSA) is 0 Å². The fraction of sp³-hybridized carbons (Fsp3) is 0.692. The van der Waals surface area contributed by atoms with Crippen LogP contribution in [0.1, 0.15) is 37.5 Å². The van der Waals surface area contributed by atoms with E-state index in [0.717, 1.165) is 5.92 Å². The van der Waals surface area contributed by atoms with Gasteiger partial charge in [0.2, 0.25) is 0 Å². The molecule has 0 spiro atoms. The number of alkyl halides is 1. The molecule has 0 bridgehead atoms. The molecule has 1 aliphatic carbocycles. The third kappa shape index (κ3) is 2.98. The minimum atomic E-state index is 0.412. The average Bonchev–Trinajstić information content (AvgIpc) is 2.74. The minimum absolute atomic E-state index is 0.412. The van der Waals surface area contributed by atoms with Crippen LogP contribution in [0.2, 0.25) is 0 Å². The smallest absolute Gasteiger partial charge is 0.0367 e. The van der Waals surface area contributed by atoms with E-state index < -0.39 is 0 Å². The summed E-state index contributed by atoms with van der Waals surface area (Å²) in [6, 6.07) is 4.38. The number of halogens is 1. The summed E-state index contributed by atoms with van der Waals surface area (Å²) >= 11 is 8.30. The van der Waals surface area contributed by atoms with Gasteiger partial charge in [0.25, 0.3) is 0 Å². The van der Waals surface area contributed by atoms with Crippen molar-refractivity contribution in [1.82, 2.24) is 0 Å². The molecule has 1 fully saturated rings. The Balaban J connectivity index is 1.94. The molecular weight excluding hydrogens is 224 g/mol. The van der Waals surface area contributed by atoms with Gasteiger partial charge in [-0.15, -0.1) is 22.9 Å². The largest absolute Gasteiger partial charge is 0.149 e. The molecule has 1 saturated carbocycles. The van der Waals surface area contributed by atoms with Crippen LogP contribution in [0.25, 0.3) is 0 Å². The molecule has 0 saturated heterocycles. The predicted molar refractivity (Wildman–Crippen MR) is 68.8 cm³/mol. The molecule has 2 heteroatoms. The third-order valence-electron chi connectivity index (χ3n) is 3.62. The van der Waals surface area contributed by atoms with Crippen molar-refractivity contribution in [3.05, 3.63) is 22.4 Å². The van der Waals surface area contributed by atoms with E-state index in [1.54, 1.807) is 0 Å². The van der Waals surface area contributed by atoms with E-state index in [9.17, 15) is 0 Å². The Morgan fingerprint density at radius 1 is 1.47 bits per heavy atom. The van der Waals surface area contributed by atoms with Crippen LogP contribution in [0.15, 0.2) is 17.5 Å². The zero-order valence-corrected chi connectivity index (χ0v) is 10.9. The zero-order valence-electron chi connectivity index (χ0n) is 9.29. The molecule has 1 aromatic rings. The van der Waals surface area contributed by atoms with E-state index >= 15 is 0 Å². The van der Waals surface area contributed by atoms with Gasteiger partial charge in [0, 0.05) is 10.3 Å². The fourth-order valence-corrected chi connectivity index (χ4v) is 3.71. The van der Waals surface area contributed by atoms with Crippen molar-refractivity contribution in [2.24, 2.45) is 11.8 Å². The molecule has 1 aliphatic rings. The zero-order chi connectivity index (χ0) is 10.7. The highest BCUT2D eigenvalue weighted by Gasteiger charge is 2.28. The maximum Gasteiger partial charge on any atom is 0.0367 e. The lowest BCUT2D eigenvalue weighted by molar-refractivity contribution is 0.265. The summed E-state index contributed by atoms with van der Waals surface area (Å²) in [5.74, 6) is 1.63. The molecule has 1 heterocycles. The Labute approximate surface area is 102 Å². The van der Waals surface area contributed by atoms with Gasteiger partial charge < -0.3 is 0 Å². The van der Waals surface area contributed by atoms with Gasteiger partial charge in [-0.3, -0.25) is 0 Å². The normalized spacial score (nSPS) is 31.7. The second-order valence-corrected chi connectivity index (χ2v) is 6.24. The summed E-state index contributed by atoms with van der Waals surface area (Å²) < 4.78 is 0. The summed E-state index contributed by atoms with van der Waals surface area (Å²) in [4.78, 5) is 1.50. The maximum atomic E-state index is 6.43. The lowest BCUT2D eigenvalue weighted by Gasteiger charge is -2.32. The van der Waals surface area contributed by atoms with Crippen molar-refractivity contribution in [3.63, 3.8) is 0 Å². The molecule has 2 rings (SSSR count). The summed E-state index contributed by atoms with van der Waals surface area (Å²) in [5, 5.41) is 2.58. The third-order valence-corrected chi connectivity index (χ3v) is 5.09. The number of hydrogen-bond acceptors (Lipinski definition) is 1.